The fourth-order valence-electron chi connectivity index (χ4n) is 3.03. The second-order valence-electron chi connectivity index (χ2n) is 6.05. The molecule has 130 valence electrons. The van der Waals surface area contributed by atoms with E-state index >= 15 is 0 Å². The van der Waals surface area contributed by atoms with Gasteiger partial charge < -0.3 is 9.52 Å². The number of aliphatic hydroxyl groups is 1. The van der Waals surface area contributed by atoms with Crippen LogP contribution < -0.4 is 5.32 Å². The summed E-state index contributed by atoms with van der Waals surface area (Å²) in [6.45, 7) is 0.381. The highest BCUT2D eigenvalue weighted by Gasteiger charge is 2.14. The van der Waals surface area contributed by atoms with Crippen molar-refractivity contribution in [1.82, 2.24) is 15.5 Å². The molecule has 0 fully saturated rings. The Labute approximate surface area is 151 Å². The number of hydrogen-bond donors (Lipinski definition) is 2. The van der Waals surface area contributed by atoms with E-state index in [0.29, 0.717) is 18.3 Å². The first-order valence-corrected chi connectivity index (χ1v) is 8.55. The fraction of sp³-hybridized carbons (Fsp3) is 0.143. The number of aliphatic hydroxyl groups excluding tert-OH is 1. The molecule has 1 unspecified atom stereocenters. The Hall–Kier alpha value is -3.02. The van der Waals surface area contributed by atoms with E-state index < -0.39 is 0 Å². The van der Waals surface area contributed by atoms with E-state index in [0.717, 1.165) is 21.9 Å². The zero-order valence-electron chi connectivity index (χ0n) is 14.2. The minimum atomic E-state index is -0.177. The fourth-order valence-corrected chi connectivity index (χ4v) is 3.03. The molecule has 4 aromatic rings. The van der Waals surface area contributed by atoms with Crippen molar-refractivity contribution in [3.63, 3.8) is 0 Å². The van der Waals surface area contributed by atoms with Crippen LogP contribution in [0.25, 0.3) is 22.2 Å². The lowest BCUT2D eigenvalue weighted by atomic mass is 10.0. The molecule has 26 heavy (non-hydrogen) atoms. The SMILES string of the molecule is OCC(NCc1nnc(-c2cccc3ccccc23)o1)c1ccccc1. The van der Waals surface area contributed by atoms with Crippen molar-refractivity contribution in [2.45, 2.75) is 12.6 Å². The number of aromatic nitrogens is 2. The van der Waals surface area contributed by atoms with Crippen LogP contribution in [-0.2, 0) is 6.54 Å². The van der Waals surface area contributed by atoms with Crippen LogP contribution in [0.4, 0.5) is 0 Å². The second-order valence-corrected chi connectivity index (χ2v) is 6.05. The van der Waals surface area contributed by atoms with Gasteiger partial charge in [0.1, 0.15) is 0 Å². The molecular formula is C21H19N3O2. The Balaban J connectivity index is 1.53. The summed E-state index contributed by atoms with van der Waals surface area (Å²) in [5, 5.41) is 23.4. The summed E-state index contributed by atoms with van der Waals surface area (Å²) in [4.78, 5) is 0. The minimum Gasteiger partial charge on any atom is -0.419 e. The number of benzene rings is 3. The van der Waals surface area contributed by atoms with Gasteiger partial charge in [-0.05, 0) is 22.4 Å². The third kappa shape index (κ3) is 3.35. The molecule has 1 atom stereocenters. The van der Waals surface area contributed by atoms with Crippen LogP contribution in [0.15, 0.2) is 77.2 Å². The van der Waals surface area contributed by atoms with Gasteiger partial charge in [-0.25, -0.2) is 0 Å². The zero-order chi connectivity index (χ0) is 17.8. The molecule has 0 radical (unpaired) electrons. The summed E-state index contributed by atoms with van der Waals surface area (Å²) in [6.07, 6.45) is 0. The monoisotopic (exact) mass is 345 g/mol. The van der Waals surface area contributed by atoms with Crippen molar-refractivity contribution >= 4 is 10.8 Å². The first-order chi connectivity index (χ1) is 12.8. The van der Waals surface area contributed by atoms with Crippen LogP contribution in [-0.4, -0.2) is 21.9 Å². The maximum atomic E-state index is 9.63. The lowest BCUT2D eigenvalue weighted by Gasteiger charge is -2.15. The molecule has 4 rings (SSSR count). The van der Waals surface area contributed by atoms with Crippen molar-refractivity contribution in [2.75, 3.05) is 6.61 Å². The van der Waals surface area contributed by atoms with Crippen molar-refractivity contribution < 1.29 is 9.52 Å². The molecule has 5 nitrogen and oxygen atoms in total. The summed E-state index contributed by atoms with van der Waals surface area (Å²) in [5.41, 5.74) is 1.94. The van der Waals surface area contributed by atoms with Crippen LogP contribution in [0.3, 0.4) is 0 Å². The molecule has 0 saturated heterocycles. The van der Waals surface area contributed by atoms with E-state index in [-0.39, 0.29) is 12.6 Å². The largest absolute Gasteiger partial charge is 0.419 e. The maximum absolute atomic E-state index is 9.63. The van der Waals surface area contributed by atoms with Gasteiger partial charge in [0, 0.05) is 5.56 Å². The average Bonchev–Trinajstić information content (AvgIpc) is 3.18. The van der Waals surface area contributed by atoms with E-state index in [2.05, 4.69) is 27.6 Å². The van der Waals surface area contributed by atoms with Crippen LogP contribution in [0.1, 0.15) is 17.5 Å². The van der Waals surface area contributed by atoms with Crippen molar-refractivity contribution in [3.05, 3.63) is 84.3 Å². The average molecular weight is 345 g/mol. The Morgan fingerprint density at radius 2 is 1.65 bits per heavy atom. The van der Waals surface area contributed by atoms with E-state index in [1.165, 1.54) is 0 Å². The quantitative estimate of drug-likeness (QED) is 0.557. The molecule has 0 spiro atoms. The molecule has 0 aliphatic rings. The van der Waals surface area contributed by atoms with Gasteiger partial charge in [-0.2, -0.15) is 0 Å². The first-order valence-electron chi connectivity index (χ1n) is 8.55. The van der Waals surface area contributed by atoms with Crippen molar-refractivity contribution in [3.8, 4) is 11.5 Å². The van der Waals surface area contributed by atoms with Gasteiger partial charge in [-0.3, -0.25) is 5.32 Å². The lowest BCUT2D eigenvalue weighted by Crippen LogP contribution is -2.24. The standard InChI is InChI=1S/C21H19N3O2/c25-14-19(16-8-2-1-3-9-16)22-13-20-23-24-21(26-20)18-12-6-10-15-7-4-5-11-17(15)18/h1-12,19,22,25H,13-14H2. The van der Waals surface area contributed by atoms with Gasteiger partial charge in [0.15, 0.2) is 0 Å². The smallest absolute Gasteiger partial charge is 0.248 e. The molecule has 1 aromatic heterocycles. The molecule has 0 aliphatic heterocycles. The van der Waals surface area contributed by atoms with Crippen LogP contribution in [0.2, 0.25) is 0 Å². The van der Waals surface area contributed by atoms with Crippen molar-refractivity contribution in [1.29, 1.82) is 0 Å². The molecule has 0 bridgehead atoms. The molecule has 0 amide bonds. The van der Waals surface area contributed by atoms with E-state index in [1.807, 2.05) is 60.7 Å². The molecule has 1 heterocycles. The summed E-state index contributed by atoms with van der Waals surface area (Å²) < 4.78 is 5.84. The topological polar surface area (TPSA) is 71.2 Å². The Bertz CT molecular complexity index is 993. The van der Waals surface area contributed by atoms with Gasteiger partial charge in [0.05, 0.1) is 19.2 Å². The molecule has 0 saturated carbocycles. The molecule has 0 aliphatic carbocycles. The highest BCUT2D eigenvalue weighted by atomic mass is 16.4. The van der Waals surface area contributed by atoms with Gasteiger partial charge in [0.25, 0.3) is 0 Å². The van der Waals surface area contributed by atoms with Crippen LogP contribution in [0, 0.1) is 0 Å². The van der Waals surface area contributed by atoms with Gasteiger partial charge in [0.2, 0.25) is 11.8 Å². The number of fused-ring (bicyclic) bond motifs is 1. The summed E-state index contributed by atoms with van der Waals surface area (Å²) in [5.74, 6) is 0.987. The van der Waals surface area contributed by atoms with E-state index in [1.54, 1.807) is 0 Å². The normalized spacial score (nSPS) is 12.3. The Morgan fingerprint density at radius 3 is 2.50 bits per heavy atom. The van der Waals surface area contributed by atoms with E-state index in [4.69, 9.17) is 4.42 Å². The molecule has 5 heteroatoms. The predicted molar refractivity (Wildman–Crippen MR) is 100 cm³/mol. The van der Waals surface area contributed by atoms with Crippen molar-refractivity contribution in [2.24, 2.45) is 0 Å². The maximum Gasteiger partial charge on any atom is 0.248 e. The van der Waals surface area contributed by atoms with Gasteiger partial charge in [-0.1, -0.05) is 66.7 Å². The number of nitrogens with zero attached hydrogens (tertiary/aromatic N) is 2. The lowest BCUT2D eigenvalue weighted by molar-refractivity contribution is 0.240. The van der Waals surface area contributed by atoms with Gasteiger partial charge in [-0.15, -0.1) is 10.2 Å². The predicted octanol–water partition coefficient (Wildman–Crippen LogP) is 3.71. The Kier molecular flexibility index (Phi) is 4.73. The Morgan fingerprint density at radius 1 is 0.885 bits per heavy atom. The summed E-state index contributed by atoms with van der Waals surface area (Å²) in [7, 11) is 0. The number of nitrogens with one attached hydrogen (secondary N) is 1. The highest BCUT2D eigenvalue weighted by molar-refractivity contribution is 5.94. The number of hydrogen-bond acceptors (Lipinski definition) is 5. The molecule has 3 aromatic carbocycles. The minimum absolute atomic E-state index is 0.00562. The molecular weight excluding hydrogens is 326 g/mol. The zero-order valence-corrected chi connectivity index (χ0v) is 14.2. The van der Waals surface area contributed by atoms with Gasteiger partial charge >= 0.3 is 0 Å². The second kappa shape index (κ2) is 7.47. The van der Waals surface area contributed by atoms with Crippen LogP contribution in [0.5, 0.6) is 0 Å². The first kappa shape index (κ1) is 16.4. The summed E-state index contributed by atoms with van der Waals surface area (Å²) >= 11 is 0. The molecule has 2 N–H and O–H groups in total. The third-order valence-corrected chi connectivity index (χ3v) is 4.37. The third-order valence-electron chi connectivity index (χ3n) is 4.37. The van der Waals surface area contributed by atoms with Crippen LogP contribution >= 0.6 is 0 Å². The van der Waals surface area contributed by atoms with E-state index in [9.17, 15) is 5.11 Å². The number of rotatable bonds is 6. The highest BCUT2D eigenvalue weighted by Crippen LogP contribution is 2.27. The summed E-state index contributed by atoms with van der Waals surface area (Å²) in [6, 6.07) is 23.8.